The van der Waals surface area contributed by atoms with Crippen molar-refractivity contribution in [2.75, 3.05) is 32.0 Å². The molecule has 1 aliphatic rings. The van der Waals surface area contributed by atoms with Crippen LogP contribution in [-0.4, -0.2) is 36.1 Å². The third kappa shape index (κ3) is 4.12. The van der Waals surface area contributed by atoms with E-state index in [4.69, 9.17) is 10.5 Å². The number of nitrogens with two attached hydrogens (primary N) is 1. The lowest BCUT2D eigenvalue weighted by Crippen LogP contribution is -2.26. The number of para-hydroxylation sites is 1. The van der Waals surface area contributed by atoms with E-state index in [0.717, 1.165) is 43.8 Å². The molecular weight excluding hydrogens is 306 g/mol. The Morgan fingerprint density at radius 1 is 1.30 bits per heavy atom. The topological polar surface area (TPSA) is 51.4 Å². The van der Waals surface area contributed by atoms with E-state index >= 15 is 0 Å². The second-order valence-corrected chi connectivity index (χ2v) is 6.71. The normalized spacial score (nSPS) is 15.5. The molecule has 0 fully saturated rings. The first-order chi connectivity index (χ1) is 11.3. The number of nitrogens with zero attached hydrogens (tertiary/aromatic N) is 2. The fourth-order valence-electron chi connectivity index (χ4n) is 2.85. The molecule has 1 aliphatic heterocycles. The van der Waals surface area contributed by atoms with Gasteiger partial charge in [-0.15, -0.1) is 11.3 Å². The van der Waals surface area contributed by atoms with Gasteiger partial charge in [0.05, 0.1) is 12.3 Å². The predicted octanol–water partition coefficient (Wildman–Crippen LogP) is 3.24. The van der Waals surface area contributed by atoms with Crippen molar-refractivity contribution in [1.29, 1.82) is 0 Å². The summed E-state index contributed by atoms with van der Waals surface area (Å²) < 4.78 is 5.66. The smallest absolute Gasteiger partial charge is 0.180 e. The van der Waals surface area contributed by atoms with Crippen LogP contribution in [0, 0.1) is 0 Å². The molecule has 3 rings (SSSR count). The lowest BCUT2D eigenvalue weighted by atomic mass is 10.2. The standard InChI is InChI=1S/C18H23N3OS/c1-2-22-16-8-4-3-6-14(16)7-5-11-21-12-9-15-17(10-13-21)23-18(19)20-15/h3-8H,2,9-13H2,1H3,(H2,19,20)/b7-5+. The Bertz CT molecular complexity index is 655. The summed E-state index contributed by atoms with van der Waals surface area (Å²) in [5, 5.41) is 0.705. The minimum absolute atomic E-state index is 0.690. The molecule has 2 heterocycles. The summed E-state index contributed by atoms with van der Waals surface area (Å²) >= 11 is 1.64. The summed E-state index contributed by atoms with van der Waals surface area (Å²) in [5.41, 5.74) is 8.13. The molecule has 0 amide bonds. The Morgan fingerprint density at radius 3 is 3.00 bits per heavy atom. The van der Waals surface area contributed by atoms with Crippen LogP contribution in [0.5, 0.6) is 5.75 Å². The zero-order valence-electron chi connectivity index (χ0n) is 13.5. The van der Waals surface area contributed by atoms with Gasteiger partial charge in [0.2, 0.25) is 0 Å². The SMILES string of the molecule is CCOc1ccccc1/C=C/CN1CCc2nc(N)sc2CC1. The fourth-order valence-corrected chi connectivity index (χ4v) is 3.71. The molecule has 5 heteroatoms. The Balaban J connectivity index is 1.58. The number of benzene rings is 1. The maximum absolute atomic E-state index is 5.80. The predicted molar refractivity (Wildman–Crippen MR) is 97.0 cm³/mol. The first-order valence-electron chi connectivity index (χ1n) is 8.11. The molecule has 0 unspecified atom stereocenters. The highest BCUT2D eigenvalue weighted by Crippen LogP contribution is 2.24. The third-order valence-corrected chi connectivity index (χ3v) is 4.98. The highest BCUT2D eigenvalue weighted by atomic mass is 32.1. The van der Waals surface area contributed by atoms with Gasteiger partial charge < -0.3 is 10.5 Å². The van der Waals surface area contributed by atoms with E-state index in [0.29, 0.717) is 11.7 Å². The van der Waals surface area contributed by atoms with E-state index in [1.54, 1.807) is 11.3 Å². The molecular formula is C18H23N3OS. The molecule has 122 valence electrons. The molecule has 4 nitrogen and oxygen atoms in total. The fraction of sp³-hybridized carbons (Fsp3) is 0.389. The van der Waals surface area contributed by atoms with Crippen LogP contribution in [0.15, 0.2) is 30.3 Å². The van der Waals surface area contributed by atoms with Gasteiger partial charge in [-0.05, 0) is 19.4 Å². The van der Waals surface area contributed by atoms with Gasteiger partial charge in [-0.3, -0.25) is 4.90 Å². The molecule has 23 heavy (non-hydrogen) atoms. The lowest BCUT2D eigenvalue weighted by molar-refractivity contribution is 0.318. The van der Waals surface area contributed by atoms with Gasteiger partial charge in [0.15, 0.2) is 5.13 Å². The summed E-state index contributed by atoms with van der Waals surface area (Å²) in [6, 6.07) is 8.16. The number of anilines is 1. The Kier molecular flexibility index (Phi) is 5.31. The number of aromatic nitrogens is 1. The Hall–Kier alpha value is -1.85. The van der Waals surface area contributed by atoms with Gasteiger partial charge in [0, 0.05) is 36.5 Å². The van der Waals surface area contributed by atoms with E-state index < -0.39 is 0 Å². The molecule has 0 radical (unpaired) electrons. The molecule has 0 spiro atoms. The van der Waals surface area contributed by atoms with Crippen LogP contribution >= 0.6 is 11.3 Å². The molecule has 0 saturated heterocycles. The van der Waals surface area contributed by atoms with E-state index in [2.05, 4.69) is 28.1 Å². The second kappa shape index (κ2) is 7.62. The molecule has 0 saturated carbocycles. The van der Waals surface area contributed by atoms with Crippen molar-refractivity contribution in [3.8, 4) is 5.75 Å². The average Bonchev–Trinajstić information content (AvgIpc) is 2.81. The van der Waals surface area contributed by atoms with Crippen molar-refractivity contribution in [2.45, 2.75) is 19.8 Å². The van der Waals surface area contributed by atoms with Crippen molar-refractivity contribution < 1.29 is 4.74 Å². The Morgan fingerprint density at radius 2 is 2.13 bits per heavy atom. The van der Waals surface area contributed by atoms with Gasteiger partial charge in [0.1, 0.15) is 5.75 Å². The monoisotopic (exact) mass is 329 g/mol. The summed E-state index contributed by atoms with van der Waals surface area (Å²) in [7, 11) is 0. The van der Waals surface area contributed by atoms with Crippen molar-refractivity contribution in [1.82, 2.24) is 9.88 Å². The molecule has 0 aliphatic carbocycles. The van der Waals surface area contributed by atoms with E-state index in [9.17, 15) is 0 Å². The van der Waals surface area contributed by atoms with Crippen LogP contribution in [0.1, 0.15) is 23.1 Å². The van der Waals surface area contributed by atoms with Crippen molar-refractivity contribution in [2.24, 2.45) is 0 Å². The minimum atomic E-state index is 0.690. The summed E-state index contributed by atoms with van der Waals surface area (Å²) in [4.78, 5) is 8.26. The number of ether oxygens (including phenoxy) is 1. The second-order valence-electron chi connectivity index (χ2n) is 5.60. The van der Waals surface area contributed by atoms with Crippen LogP contribution in [0.4, 0.5) is 5.13 Å². The van der Waals surface area contributed by atoms with Crippen LogP contribution in [0.2, 0.25) is 0 Å². The molecule has 0 bridgehead atoms. The van der Waals surface area contributed by atoms with Crippen LogP contribution in [0.25, 0.3) is 6.08 Å². The molecule has 1 aromatic heterocycles. The minimum Gasteiger partial charge on any atom is -0.493 e. The number of nitrogen functional groups attached to an aromatic ring is 1. The number of hydrogen-bond donors (Lipinski definition) is 1. The van der Waals surface area contributed by atoms with E-state index in [1.807, 2.05) is 25.1 Å². The van der Waals surface area contributed by atoms with Crippen LogP contribution < -0.4 is 10.5 Å². The Labute approximate surface area is 141 Å². The van der Waals surface area contributed by atoms with Gasteiger partial charge in [0.25, 0.3) is 0 Å². The third-order valence-electron chi connectivity index (χ3n) is 3.99. The first-order valence-corrected chi connectivity index (χ1v) is 8.92. The number of hydrogen-bond acceptors (Lipinski definition) is 5. The average molecular weight is 329 g/mol. The summed E-state index contributed by atoms with van der Waals surface area (Å²) in [6.45, 7) is 5.75. The quantitative estimate of drug-likeness (QED) is 0.915. The largest absolute Gasteiger partial charge is 0.493 e. The van der Waals surface area contributed by atoms with E-state index in [-0.39, 0.29) is 0 Å². The van der Waals surface area contributed by atoms with Gasteiger partial charge >= 0.3 is 0 Å². The maximum atomic E-state index is 5.80. The maximum Gasteiger partial charge on any atom is 0.180 e. The van der Waals surface area contributed by atoms with Gasteiger partial charge in [-0.2, -0.15) is 0 Å². The number of thiazole rings is 1. The zero-order valence-corrected chi connectivity index (χ0v) is 14.3. The van der Waals surface area contributed by atoms with Gasteiger partial charge in [-0.1, -0.05) is 30.4 Å². The van der Waals surface area contributed by atoms with Gasteiger partial charge in [-0.25, -0.2) is 4.98 Å². The number of rotatable bonds is 5. The van der Waals surface area contributed by atoms with E-state index in [1.165, 1.54) is 10.6 Å². The zero-order chi connectivity index (χ0) is 16.1. The summed E-state index contributed by atoms with van der Waals surface area (Å²) in [6.07, 6.45) is 6.42. The molecule has 0 atom stereocenters. The van der Waals surface area contributed by atoms with Crippen molar-refractivity contribution in [3.05, 3.63) is 46.5 Å². The lowest BCUT2D eigenvalue weighted by Gasteiger charge is -2.17. The summed E-state index contributed by atoms with van der Waals surface area (Å²) in [5.74, 6) is 0.948. The highest BCUT2D eigenvalue weighted by Gasteiger charge is 2.16. The van der Waals surface area contributed by atoms with Crippen LogP contribution in [-0.2, 0) is 12.8 Å². The molecule has 2 N–H and O–H groups in total. The highest BCUT2D eigenvalue weighted by molar-refractivity contribution is 7.15. The number of fused-ring (bicyclic) bond motifs is 1. The van der Waals surface area contributed by atoms with Crippen LogP contribution in [0.3, 0.4) is 0 Å². The van der Waals surface area contributed by atoms with Crippen molar-refractivity contribution in [3.63, 3.8) is 0 Å². The van der Waals surface area contributed by atoms with Crippen molar-refractivity contribution >= 4 is 22.5 Å². The molecule has 1 aromatic carbocycles. The first kappa shape index (κ1) is 16.0. The molecule has 2 aromatic rings.